The second-order valence-corrected chi connectivity index (χ2v) is 10.2. The molecule has 126 valence electrons. The molecule has 0 aliphatic carbocycles. The van der Waals surface area contributed by atoms with Gasteiger partial charge in [0.25, 0.3) is 10.0 Å². The molecule has 2 aromatic rings. The topological polar surface area (TPSA) is 58.2 Å². The second-order valence-electron chi connectivity index (χ2n) is 5.96. The van der Waals surface area contributed by atoms with Crippen LogP contribution < -0.4 is 10.0 Å². The molecule has 0 amide bonds. The van der Waals surface area contributed by atoms with E-state index in [2.05, 4.69) is 63.9 Å². The zero-order valence-electron chi connectivity index (χ0n) is 12.3. The summed E-state index contributed by atoms with van der Waals surface area (Å²) in [5, 5.41) is 3.53. The summed E-state index contributed by atoms with van der Waals surface area (Å²) in [7, 11) is -3.72. The van der Waals surface area contributed by atoms with Crippen molar-refractivity contribution < 1.29 is 8.42 Å². The van der Waals surface area contributed by atoms with Gasteiger partial charge in [0.2, 0.25) is 0 Å². The minimum absolute atomic E-state index is 0.194. The highest BCUT2D eigenvalue weighted by molar-refractivity contribution is 9.11. The minimum atomic E-state index is -3.72. The van der Waals surface area contributed by atoms with Gasteiger partial charge in [0.15, 0.2) is 0 Å². The Kier molecular flexibility index (Phi) is 4.32. The first-order valence-electron chi connectivity index (χ1n) is 7.43. The molecule has 2 heterocycles. The number of hydrogen-bond donors (Lipinski definition) is 2. The maximum absolute atomic E-state index is 13.0. The lowest BCUT2D eigenvalue weighted by molar-refractivity contribution is 0.600. The van der Waals surface area contributed by atoms with E-state index in [1.807, 2.05) is 12.1 Å². The Morgan fingerprint density at radius 2 is 1.71 bits per heavy atom. The fraction of sp³-hybridized carbons (Fsp3) is 0.250. The van der Waals surface area contributed by atoms with Crippen molar-refractivity contribution in [3.63, 3.8) is 0 Å². The summed E-state index contributed by atoms with van der Waals surface area (Å²) < 4.78 is 30.5. The average molecular weight is 537 g/mol. The van der Waals surface area contributed by atoms with Crippen LogP contribution in [0.25, 0.3) is 0 Å². The van der Waals surface area contributed by atoms with Gasteiger partial charge in [-0.05, 0) is 74.0 Å². The summed E-state index contributed by atoms with van der Waals surface area (Å²) in [6.07, 6.45) is 2.15. The first-order valence-corrected chi connectivity index (χ1v) is 11.3. The standard InChI is InChI=1S/C16H13Br3N2O2S/c17-8-6-10(18)16(11(19)7-8)24(22,23)21-14-3-1-2-9-12-4-5-13(20-12)15(9)14/h1-3,6-7,12-13,20-21H,4-5H2. The van der Waals surface area contributed by atoms with Gasteiger partial charge in [0.1, 0.15) is 4.90 Å². The fourth-order valence-corrected chi connectivity index (χ4v) is 8.30. The Balaban J connectivity index is 1.77. The zero-order valence-corrected chi connectivity index (χ0v) is 17.9. The third kappa shape index (κ3) is 2.76. The highest BCUT2D eigenvalue weighted by Crippen LogP contribution is 2.48. The minimum Gasteiger partial charge on any atom is -0.303 e. The van der Waals surface area contributed by atoms with E-state index >= 15 is 0 Å². The molecule has 2 aliphatic heterocycles. The van der Waals surface area contributed by atoms with Gasteiger partial charge in [-0.25, -0.2) is 8.42 Å². The Bertz CT molecular complexity index is 923. The maximum Gasteiger partial charge on any atom is 0.264 e. The van der Waals surface area contributed by atoms with Gasteiger partial charge in [0, 0.05) is 25.5 Å². The highest BCUT2D eigenvalue weighted by Gasteiger charge is 2.38. The Hall–Kier alpha value is -0.410. The molecule has 1 fully saturated rings. The summed E-state index contributed by atoms with van der Waals surface area (Å²) in [5.41, 5.74) is 2.95. The molecule has 0 spiro atoms. The van der Waals surface area contributed by atoms with Crippen LogP contribution in [0.15, 0.2) is 48.6 Å². The number of nitrogens with one attached hydrogen (secondary N) is 2. The van der Waals surface area contributed by atoms with Crippen molar-refractivity contribution in [2.75, 3.05) is 4.72 Å². The van der Waals surface area contributed by atoms with Gasteiger partial charge < -0.3 is 5.32 Å². The summed E-state index contributed by atoms with van der Waals surface area (Å²) in [6, 6.07) is 9.84. The maximum atomic E-state index is 13.0. The van der Waals surface area contributed by atoms with E-state index in [-0.39, 0.29) is 10.9 Å². The quantitative estimate of drug-likeness (QED) is 0.563. The number of sulfonamides is 1. The fourth-order valence-electron chi connectivity index (χ4n) is 3.56. The number of hydrogen-bond acceptors (Lipinski definition) is 3. The van der Waals surface area contributed by atoms with Crippen LogP contribution in [0.4, 0.5) is 5.69 Å². The Morgan fingerprint density at radius 3 is 2.42 bits per heavy atom. The molecule has 2 N–H and O–H groups in total. The van der Waals surface area contributed by atoms with Crippen LogP contribution in [-0.4, -0.2) is 8.42 Å². The lowest BCUT2D eigenvalue weighted by Gasteiger charge is -2.19. The zero-order chi connectivity index (χ0) is 17.1. The molecule has 8 heteroatoms. The second kappa shape index (κ2) is 6.09. The Labute approximate surface area is 165 Å². The van der Waals surface area contributed by atoms with Crippen molar-refractivity contribution in [2.45, 2.75) is 29.8 Å². The van der Waals surface area contributed by atoms with Gasteiger partial charge in [-0.3, -0.25) is 4.72 Å². The molecule has 2 unspecified atom stereocenters. The molecule has 2 bridgehead atoms. The molecule has 4 rings (SSSR count). The predicted octanol–water partition coefficient (Wildman–Crippen LogP) is 5.25. The van der Waals surface area contributed by atoms with E-state index < -0.39 is 10.0 Å². The van der Waals surface area contributed by atoms with Gasteiger partial charge >= 0.3 is 0 Å². The Morgan fingerprint density at radius 1 is 1.04 bits per heavy atom. The van der Waals surface area contributed by atoms with E-state index in [1.54, 1.807) is 12.1 Å². The van der Waals surface area contributed by atoms with Crippen LogP contribution in [-0.2, 0) is 10.0 Å². The number of fused-ring (bicyclic) bond motifs is 5. The van der Waals surface area contributed by atoms with Gasteiger partial charge in [-0.15, -0.1) is 0 Å². The van der Waals surface area contributed by atoms with Crippen molar-refractivity contribution in [2.24, 2.45) is 0 Å². The van der Waals surface area contributed by atoms with Crippen molar-refractivity contribution in [3.8, 4) is 0 Å². The van der Waals surface area contributed by atoms with Crippen molar-refractivity contribution in [1.29, 1.82) is 0 Å². The average Bonchev–Trinajstić information content (AvgIpc) is 3.07. The van der Waals surface area contributed by atoms with Gasteiger partial charge in [-0.1, -0.05) is 28.1 Å². The van der Waals surface area contributed by atoms with E-state index in [9.17, 15) is 8.42 Å². The van der Waals surface area contributed by atoms with E-state index in [4.69, 9.17) is 0 Å². The number of anilines is 1. The first kappa shape index (κ1) is 17.0. The van der Waals surface area contributed by atoms with Crippen molar-refractivity contribution in [3.05, 3.63) is 54.9 Å². The molecular weight excluding hydrogens is 524 g/mol. The summed E-state index contributed by atoms with van der Waals surface area (Å²) in [5.74, 6) is 0. The SMILES string of the molecule is O=S(=O)(Nc1cccc2c1C1CCC2N1)c1c(Br)cc(Br)cc1Br. The number of benzene rings is 2. The molecular formula is C16H13Br3N2O2S. The van der Waals surface area contributed by atoms with Crippen LogP contribution in [0.5, 0.6) is 0 Å². The van der Waals surface area contributed by atoms with Crippen LogP contribution in [0.1, 0.15) is 36.1 Å². The first-order chi connectivity index (χ1) is 11.4. The summed E-state index contributed by atoms with van der Waals surface area (Å²) in [4.78, 5) is 0.194. The molecule has 2 atom stereocenters. The smallest absolute Gasteiger partial charge is 0.264 e. The highest BCUT2D eigenvalue weighted by atomic mass is 79.9. The number of rotatable bonds is 3. The predicted molar refractivity (Wildman–Crippen MR) is 105 cm³/mol. The third-order valence-electron chi connectivity index (χ3n) is 4.49. The lowest BCUT2D eigenvalue weighted by Crippen LogP contribution is -2.17. The summed E-state index contributed by atoms with van der Waals surface area (Å²) in [6.45, 7) is 0. The van der Waals surface area contributed by atoms with E-state index in [1.165, 1.54) is 5.56 Å². The van der Waals surface area contributed by atoms with Crippen molar-refractivity contribution >= 4 is 63.5 Å². The molecule has 0 aromatic heterocycles. The summed E-state index contributed by atoms with van der Waals surface area (Å²) >= 11 is 10.1. The van der Waals surface area contributed by atoms with Crippen LogP contribution in [0, 0.1) is 0 Å². The van der Waals surface area contributed by atoms with E-state index in [0.717, 1.165) is 22.9 Å². The van der Waals surface area contributed by atoms with Crippen LogP contribution in [0.3, 0.4) is 0 Å². The monoisotopic (exact) mass is 534 g/mol. The lowest BCUT2D eigenvalue weighted by atomic mass is 9.91. The molecule has 24 heavy (non-hydrogen) atoms. The van der Waals surface area contributed by atoms with Gasteiger partial charge in [-0.2, -0.15) is 0 Å². The molecule has 0 saturated carbocycles. The van der Waals surface area contributed by atoms with E-state index in [0.29, 0.717) is 20.7 Å². The largest absolute Gasteiger partial charge is 0.303 e. The van der Waals surface area contributed by atoms with Crippen LogP contribution >= 0.6 is 47.8 Å². The van der Waals surface area contributed by atoms with Crippen LogP contribution in [0.2, 0.25) is 0 Å². The number of halogens is 3. The molecule has 1 saturated heterocycles. The molecule has 2 aliphatic rings. The third-order valence-corrected chi connectivity index (χ3v) is 8.19. The molecule has 4 nitrogen and oxygen atoms in total. The van der Waals surface area contributed by atoms with Gasteiger partial charge in [0.05, 0.1) is 5.69 Å². The van der Waals surface area contributed by atoms with Crippen molar-refractivity contribution in [1.82, 2.24) is 5.32 Å². The molecule has 2 aromatic carbocycles. The molecule has 0 radical (unpaired) electrons. The normalized spacial score (nSPS) is 21.8.